The number of hydrogen-bond acceptors (Lipinski definition) is 4. The van der Waals surface area contributed by atoms with Gasteiger partial charge in [-0.05, 0) is 25.5 Å². The van der Waals surface area contributed by atoms with Crippen molar-refractivity contribution in [1.29, 1.82) is 0 Å². The minimum atomic E-state index is -0.448. The third-order valence-corrected chi connectivity index (χ3v) is 2.38. The van der Waals surface area contributed by atoms with Gasteiger partial charge in [0.25, 0.3) is 5.69 Å². The molecule has 0 spiro atoms. The Morgan fingerprint density at radius 2 is 2.29 bits per heavy atom. The average molecular weight is 259 g/mol. The van der Waals surface area contributed by atoms with Crippen LogP contribution in [0.25, 0.3) is 0 Å². The summed E-state index contributed by atoms with van der Waals surface area (Å²) >= 11 is 5.71. The number of anilines is 1. The third-order valence-electron chi connectivity index (χ3n) is 2.14. The Hall–Kier alpha value is -1.33. The van der Waals surface area contributed by atoms with Crippen LogP contribution >= 0.6 is 11.6 Å². The second-order valence-corrected chi connectivity index (χ2v) is 3.83. The monoisotopic (exact) mass is 258 g/mol. The van der Waals surface area contributed by atoms with Gasteiger partial charge in [-0.3, -0.25) is 10.1 Å². The van der Waals surface area contributed by atoms with Gasteiger partial charge in [-0.25, -0.2) is 0 Å². The summed E-state index contributed by atoms with van der Waals surface area (Å²) in [5, 5.41) is 14.1. The molecule has 0 atom stereocenters. The molecule has 5 nitrogen and oxygen atoms in total. The summed E-state index contributed by atoms with van der Waals surface area (Å²) in [5.74, 6) is 0. The average Bonchev–Trinajstić information content (AvgIpc) is 2.30. The molecular weight excluding hydrogens is 244 g/mol. The van der Waals surface area contributed by atoms with Gasteiger partial charge >= 0.3 is 0 Å². The number of nitro benzene ring substituents is 1. The van der Waals surface area contributed by atoms with Crippen molar-refractivity contribution in [3.05, 3.63) is 33.3 Å². The summed E-state index contributed by atoms with van der Waals surface area (Å²) in [7, 11) is 0. The lowest BCUT2D eigenvalue weighted by Crippen LogP contribution is -2.07. The van der Waals surface area contributed by atoms with E-state index in [1.54, 1.807) is 12.1 Å². The van der Waals surface area contributed by atoms with E-state index >= 15 is 0 Å². The first-order chi connectivity index (χ1) is 8.15. The van der Waals surface area contributed by atoms with Gasteiger partial charge in [-0.2, -0.15) is 0 Å². The Morgan fingerprint density at radius 3 is 2.94 bits per heavy atom. The lowest BCUT2D eigenvalue weighted by molar-refractivity contribution is -0.383. The first-order valence-electron chi connectivity index (χ1n) is 5.40. The van der Waals surface area contributed by atoms with Crippen LogP contribution < -0.4 is 5.32 Å². The van der Waals surface area contributed by atoms with Crippen molar-refractivity contribution in [2.75, 3.05) is 25.1 Å². The lowest BCUT2D eigenvalue weighted by Gasteiger charge is -2.07. The molecule has 0 aromatic heterocycles. The number of ether oxygens (including phenoxy) is 1. The molecule has 0 fully saturated rings. The van der Waals surface area contributed by atoms with Crippen molar-refractivity contribution in [3.63, 3.8) is 0 Å². The fraction of sp³-hybridized carbons (Fsp3) is 0.455. The maximum atomic E-state index is 10.8. The molecule has 0 bridgehead atoms. The van der Waals surface area contributed by atoms with Crippen LogP contribution in [0.2, 0.25) is 5.02 Å². The fourth-order valence-electron chi connectivity index (χ4n) is 1.35. The van der Waals surface area contributed by atoms with E-state index in [4.69, 9.17) is 16.3 Å². The van der Waals surface area contributed by atoms with E-state index < -0.39 is 4.92 Å². The molecule has 0 aliphatic carbocycles. The predicted molar refractivity (Wildman–Crippen MR) is 67.7 cm³/mol. The van der Waals surface area contributed by atoms with E-state index in [0.717, 1.165) is 6.42 Å². The SMILES string of the molecule is CCOCCCNc1ccc(Cl)cc1[N+](=O)[O-]. The van der Waals surface area contributed by atoms with Gasteiger partial charge in [0.1, 0.15) is 5.69 Å². The van der Waals surface area contributed by atoms with E-state index in [1.165, 1.54) is 6.07 Å². The quantitative estimate of drug-likeness (QED) is 0.464. The van der Waals surface area contributed by atoms with E-state index in [1.807, 2.05) is 6.92 Å². The Morgan fingerprint density at radius 1 is 1.53 bits per heavy atom. The van der Waals surface area contributed by atoms with Gasteiger partial charge in [-0.15, -0.1) is 0 Å². The minimum Gasteiger partial charge on any atom is -0.382 e. The largest absolute Gasteiger partial charge is 0.382 e. The number of nitro groups is 1. The summed E-state index contributed by atoms with van der Waals surface area (Å²) in [6.45, 7) is 3.88. The first kappa shape index (κ1) is 13.7. The molecule has 1 rings (SSSR count). The molecule has 0 amide bonds. The van der Waals surface area contributed by atoms with Crippen LogP contribution in [0.5, 0.6) is 0 Å². The van der Waals surface area contributed by atoms with E-state index in [9.17, 15) is 10.1 Å². The van der Waals surface area contributed by atoms with Crippen LogP contribution in [0, 0.1) is 10.1 Å². The molecule has 1 aromatic rings. The maximum Gasteiger partial charge on any atom is 0.293 e. The molecule has 0 unspecified atom stereocenters. The van der Waals surface area contributed by atoms with Gasteiger partial charge < -0.3 is 10.1 Å². The lowest BCUT2D eigenvalue weighted by atomic mass is 10.2. The summed E-state index contributed by atoms with van der Waals surface area (Å²) in [6, 6.07) is 4.58. The zero-order valence-corrected chi connectivity index (χ0v) is 10.4. The van der Waals surface area contributed by atoms with Gasteiger partial charge in [0.05, 0.1) is 4.92 Å². The van der Waals surface area contributed by atoms with Crippen LogP contribution in [0.4, 0.5) is 11.4 Å². The second-order valence-electron chi connectivity index (χ2n) is 3.40. The van der Waals surface area contributed by atoms with Crippen LogP contribution in [0.3, 0.4) is 0 Å². The van der Waals surface area contributed by atoms with E-state index in [-0.39, 0.29) is 5.69 Å². The highest BCUT2D eigenvalue weighted by atomic mass is 35.5. The smallest absolute Gasteiger partial charge is 0.293 e. The van der Waals surface area contributed by atoms with Crippen molar-refractivity contribution >= 4 is 23.0 Å². The van der Waals surface area contributed by atoms with Crippen molar-refractivity contribution in [2.24, 2.45) is 0 Å². The van der Waals surface area contributed by atoms with Crippen molar-refractivity contribution in [1.82, 2.24) is 0 Å². The summed E-state index contributed by atoms with van der Waals surface area (Å²) in [6.07, 6.45) is 0.799. The Labute approximate surface area is 105 Å². The zero-order chi connectivity index (χ0) is 12.7. The Kier molecular flexibility index (Phi) is 5.72. The van der Waals surface area contributed by atoms with Crippen molar-refractivity contribution in [3.8, 4) is 0 Å². The highest BCUT2D eigenvalue weighted by molar-refractivity contribution is 6.30. The topological polar surface area (TPSA) is 64.4 Å². The molecule has 1 N–H and O–H groups in total. The normalized spacial score (nSPS) is 10.2. The molecule has 0 heterocycles. The van der Waals surface area contributed by atoms with Gasteiger partial charge in [0, 0.05) is 30.8 Å². The van der Waals surface area contributed by atoms with Crippen LogP contribution in [0.15, 0.2) is 18.2 Å². The number of nitrogens with one attached hydrogen (secondary N) is 1. The van der Waals surface area contributed by atoms with Crippen molar-refractivity contribution in [2.45, 2.75) is 13.3 Å². The number of hydrogen-bond donors (Lipinski definition) is 1. The zero-order valence-electron chi connectivity index (χ0n) is 9.61. The van der Waals surface area contributed by atoms with Crippen LogP contribution in [0.1, 0.15) is 13.3 Å². The Balaban J connectivity index is 2.55. The van der Waals surface area contributed by atoms with Crippen molar-refractivity contribution < 1.29 is 9.66 Å². The molecule has 17 heavy (non-hydrogen) atoms. The first-order valence-corrected chi connectivity index (χ1v) is 5.78. The standard InChI is InChI=1S/C11H15ClN2O3/c1-2-17-7-3-6-13-10-5-4-9(12)8-11(10)14(15)16/h4-5,8,13H,2-3,6-7H2,1H3. The Bertz CT molecular complexity index is 385. The van der Waals surface area contributed by atoms with Crippen LogP contribution in [-0.4, -0.2) is 24.7 Å². The number of nitrogens with zero attached hydrogens (tertiary/aromatic N) is 1. The predicted octanol–water partition coefficient (Wildman–Crippen LogP) is 3.09. The molecule has 0 aliphatic rings. The summed E-state index contributed by atoms with van der Waals surface area (Å²) in [5.41, 5.74) is 0.477. The second kappa shape index (κ2) is 7.09. The number of halogens is 1. The van der Waals surface area contributed by atoms with Crippen LogP contribution in [-0.2, 0) is 4.74 Å². The fourth-order valence-corrected chi connectivity index (χ4v) is 1.51. The molecule has 0 aliphatic heterocycles. The summed E-state index contributed by atoms with van der Waals surface area (Å²) in [4.78, 5) is 10.3. The molecule has 0 saturated heterocycles. The number of benzene rings is 1. The summed E-state index contributed by atoms with van der Waals surface area (Å²) < 4.78 is 5.17. The van der Waals surface area contributed by atoms with E-state index in [0.29, 0.717) is 30.5 Å². The van der Waals surface area contributed by atoms with Gasteiger partial charge in [0.15, 0.2) is 0 Å². The molecule has 0 saturated carbocycles. The molecular formula is C11H15ClN2O3. The van der Waals surface area contributed by atoms with E-state index in [2.05, 4.69) is 5.32 Å². The third kappa shape index (κ3) is 4.58. The molecule has 0 radical (unpaired) electrons. The molecule has 6 heteroatoms. The number of rotatable bonds is 7. The highest BCUT2D eigenvalue weighted by Gasteiger charge is 2.13. The van der Waals surface area contributed by atoms with Gasteiger partial charge in [-0.1, -0.05) is 11.6 Å². The minimum absolute atomic E-state index is 0.00564. The molecule has 1 aromatic carbocycles. The maximum absolute atomic E-state index is 10.8. The van der Waals surface area contributed by atoms with Gasteiger partial charge in [0.2, 0.25) is 0 Å². The highest BCUT2D eigenvalue weighted by Crippen LogP contribution is 2.27. The molecule has 94 valence electrons.